The largest absolute Gasteiger partial charge is 0.379 e. The molecule has 2 aromatic rings. The van der Waals surface area contributed by atoms with Crippen LogP contribution in [0, 0.1) is 0 Å². The van der Waals surface area contributed by atoms with Crippen molar-refractivity contribution < 1.29 is 0 Å². The third kappa shape index (κ3) is 2.89. The van der Waals surface area contributed by atoms with E-state index in [1.54, 1.807) is 0 Å². The minimum atomic E-state index is 0.786. The van der Waals surface area contributed by atoms with Crippen LogP contribution in [0.25, 0.3) is 0 Å². The summed E-state index contributed by atoms with van der Waals surface area (Å²) in [6, 6.07) is 8.44. The van der Waals surface area contributed by atoms with Gasteiger partial charge in [-0.1, -0.05) is 25.1 Å². The molecular formula is C15H22N4. The Morgan fingerprint density at radius 2 is 2.00 bits per heavy atom. The van der Waals surface area contributed by atoms with Crippen LogP contribution in [-0.2, 0) is 20.0 Å². The average Bonchev–Trinajstić information content (AvgIpc) is 2.78. The maximum atomic E-state index is 4.42. The maximum absolute atomic E-state index is 4.42. The van der Waals surface area contributed by atoms with Crippen LogP contribution in [-0.4, -0.2) is 23.6 Å². The van der Waals surface area contributed by atoms with Gasteiger partial charge >= 0.3 is 0 Å². The van der Waals surface area contributed by atoms with E-state index in [9.17, 15) is 0 Å². The summed E-state index contributed by atoms with van der Waals surface area (Å²) in [5.74, 6) is 0.973. The molecule has 0 radical (unpaired) electrons. The number of imidazole rings is 1. The van der Waals surface area contributed by atoms with Crippen molar-refractivity contribution in [1.29, 1.82) is 0 Å². The topological polar surface area (TPSA) is 33.1 Å². The van der Waals surface area contributed by atoms with E-state index in [2.05, 4.69) is 46.1 Å². The Kier molecular flexibility index (Phi) is 4.10. The quantitative estimate of drug-likeness (QED) is 0.895. The molecule has 1 aromatic heterocycles. The van der Waals surface area contributed by atoms with E-state index >= 15 is 0 Å². The first-order valence-corrected chi connectivity index (χ1v) is 6.63. The highest BCUT2D eigenvalue weighted by Crippen LogP contribution is 2.17. The summed E-state index contributed by atoms with van der Waals surface area (Å²) in [5.41, 5.74) is 3.73. The van der Waals surface area contributed by atoms with Gasteiger partial charge in [-0.25, -0.2) is 4.98 Å². The number of rotatable bonds is 5. The molecule has 0 bridgehead atoms. The first-order valence-electron chi connectivity index (χ1n) is 6.63. The van der Waals surface area contributed by atoms with Crippen molar-refractivity contribution >= 4 is 11.6 Å². The Bertz CT molecular complexity index is 543. The SMILES string of the molecule is CCc1ccccc1NCc1cnc(N(C)C)n1C. The molecule has 19 heavy (non-hydrogen) atoms. The number of aryl methyl sites for hydroxylation is 1. The average molecular weight is 258 g/mol. The smallest absolute Gasteiger partial charge is 0.204 e. The van der Waals surface area contributed by atoms with Crippen LogP contribution in [0.3, 0.4) is 0 Å². The summed E-state index contributed by atoms with van der Waals surface area (Å²) in [5, 5.41) is 3.49. The van der Waals surface area contributed by atoms with Gasteiger partial charge in [-0.3, -0.25) is 0 Å². The highest BCUT2D eigenvalue weighted by atomic mass is 15.3. The van der Waals surface area contributed by atoms with Gasteiger partial charge in [0.2, 0.25) is 5.95 Å². The predicted octanol–water partition coefficient (Wildman–Crippen LogP) is 2.66. The minimum absolute atomic E-state index is 0.786. The molecule has 0 atom stereocenters. The zero-order valence-corrected chi connectivity index (χ0v) is 12.1. The minimum Gasteiger partial charge on any atom is -0.379 e. The molecule has 102 valence electrons. The Morgan fingerprint density at radius 3 is 2.63 bits per heavy atom. The van der Waals surface area contributed by atoms with Gasteiger partial charge in [-0.2, -0.15) is 0 Å². The second kappa shape index (κ2) is 5.78. The molecule has 0 saturated carbocycles. The number of nitrogens with one attached hydrogen (secondary N) is 1. The van der Waals surface area contributed by atoms with E-state index in [0.717, 1.165) is 18.9 Å². The van der Waals surface area contributed by atoms with Crippen molar-refractivity contribution in [3.63, 3.8) is 0 Å². The van der Waals surface area contributed by atoms with Gasteiger partial charge in [0.05, 0.1) is 18.4 Å². The van der Waals surface area contributed by atoms with Crippen molar-refractivity contribution in [3.8, 4) is 0 Å². The number of aromatic nitrogens is 2. The highest BCUT2D eigenvalue weighted by Gasteiger charge is 2.08. The van der Waals surface area contributed by atoms with Crippen molar-refractivity contribution in [2.75, 3.05) is 24.3 Å². The second-order valence-corrected chi connectivity index (χ2v) is 4.87. The highest BCUT2D eigenvalue weighted by molar-refractivity contribution is 5.51. The Morgan fingerprint density at radius 1 is 1.26 bits per heavy atom. The molecule has 1 heterocycles. The first-order chi connectivity index (χ1) is 9.13. The maximum Gasteiger partial charge on any atom is 0.204 e. The lowest BCUT2D eigenvalue weighted by molar-refractivity contribution is 0.813. The van der Waals surface area contributed by atoms with Crippen molar-refractivity contribution in [1.82, 2.24) is 9.55 Å². The van der Waals surface area contributed by atoms with Crippen LogP contribution in [0.4, 0.5) is 11.6 Å². The molecule has 0 aliphatic heterocycles. The molecule has 2 rings (SSSR count). The standard InChI is InChI=1S/C15H22N4/c1-5-12-8-6-7-9-14(12)16-10-13-11-17-15(18(2)3)19(13)4/h6-9,11,16H,5,10H2,1-4H3. The van der Waals surface area contributed by atoms with Gasteiger partial charge in [0, 0.05) is 26.8 Å². The molecule has 1 N–H and O–H groups in total. The molecule has 0 aliphatic carbocycles. The fraction of sp³-hybridized carbons (Fsp3) is 0.400. The second-order valence-electron chi connectivity index (χ2n) is 4.87. The molecule has 4 heteroatoms. The van der Waals surface area contributed by atoms with Crippen molar-refractivity contribution in [2.45, 2.75) is 19.9 Å². The zero-order valence-electron chi connectivity index (χ0n) is 12.1. The summed E-state index contributed by atoms with van der Waals surface area (Å²) in [6.45, 7) is 2.96. The lowest BCUT2D eigenvalue weighted by Gasteiger charge is -2.14. The van der Waals surface area contributed by atoms with E-state index in [0.29, 0.717) is 0 Å². The predicted molar refractivity (Wildman–Crippen MR) is 80.7 cm³/mol. The van der Waals surface area contributed by atoms with E-state index in [4.69, 9.17) is 0 Å². The zero-order chi connectivity index (χ0) is 13.8. The number of hydrogen-bond donors (Lipinski definition) is 1. The van der Waals surface area contributed by atoms with Crippen LogP contribution < -0.4 is 10.2 Å². The Balaban J connectivity index is 2.10. The monoisotopic (exact) mass is 258 g/mol. The van der Waals surface area contributed by atoms with Crippen LogP contribution in [0.1, 0.15) is 18.2 Å². The van der Waals surface area contributed by atoms with Gasteiger partial charge in [0.25, 0.3) is 0 Å². The van der Waals surface area contributed by atoms with Gasteiger partial charge in [-0.05, 0) is 18.1 Å². The summed E-state index contributed by atoms with van der Waals surface area (Å²) < 4.78 is 2.11. The van der Waals surface area contributed by atoms with Crippen LogP contribution in [0.15, 0.2) is 30.5 Å². The van der Waals surface area contributed by atoms with E-state index in [1.165, 1.54) is 16.9 Å². The Hall–Kier alpha value is -1.97. The van der Waals surface area contributed by atoms with Crippen molar-refractivity contribution in [3.05, 3.63) is 41.7 Å². The van der Waals surface area contributed by atoms with Gasteiger partial charge in [-0.15, -0.1) is 0 Å². The summed E-state index contributed by atoms with van der Waals surface area (Å²) in [4.78, 5) is 6.44. The van der Waals surface area contributed by atoms with Gasteiger partial charge in [0.15, 0.2) is 0 Å². The van der Waals surface area contributed by atoms with Gasteiger partial charge in [0.1, 0.15) is 0 Å². The molecule has 0 aliphatic rings. The van der Waals surface area contributed by atoms with E-state index in [-0.39, 0.29) is 0 Å². The lowest BCUT2D eigenvalue weighted by Crippen LogP contribution is -2.15. The molecule has 0 unspecified atom stereocenters. The fourth-order valence-electron chi connectivity index (χ4n) is 2.20. The normalized spacial score (nSPS) is 10.5. The van der Waals surface area contributed by atoms with Crippen LogP contribution >= 0.6 is 0 Å². The third-order valence-corrected chi connectivity index (χ3v) is 3.32. The number of para-hydroxylation sites is 1. The Labute approximate surface area is 115 Å². The summed E-state index contributed by atoms with van der Waals surface area (Å²) >= 11 is 0. The first kappa shape index (κ1) is 13.5. The molecule has 0 saturated heterocycles. The molecule has 0 amide bonds. The van der Waals surface area contributed by atoms with Gasteiger partial charge < -0.3 is 14.8 Å². The summed E-state index contributed by atoms with van der Waals surface area (Å²) in [7, 11) is 6.06. The van der Waals surface area contributed by atoms with Crippen molar-refractivity contribution in [2.24, 2.45) is 7.05 Å². The molecule has 0 fully saturated rings. The molecular weight excluding hydrogens is 236 g/mol. The van der Waals surface area contributed by atoms with Crippen LogP contribution in [0.2, 0.25) is 0 Å². The van der Waals surface area contributed by atoms with E-state index < -0.39 is 0 Å². The fourth-order valence-corrected chi connectivity index (χ4v) is 2.20. The number of anilines is 2. The van der Waals surface area contributed by atoms with Crippen LogP contribution in [0.5, 0.6) is 0 Å². The number of nitrogens with zero attached hydrogens (tertiary/aromatic N) is 3. The third-order valence-electron chi connectivity index (χ3n) is 3.32. The summed E-state index contributed by atoms with van der Waals surface area (Å²) in [6.07, 6.45) is 2.97. The number of benzene rings is 1. The lowest BCUT2D eigenvalue weighted by atomic mass is 10.1. The molecule has 4 nitrogen and oxygen atoms in total. The molecule has 0 spiro atoms. The number of hydrogen-bond acceptors (Lipinski definition) is 3. The van der Waals surface area contributed by atoms with E-state index in [1.807, 2.05) is 32.2 Å². The molecule has 1 aromatic carbocycles.